The lowest BCUT2D eigenvalue weighted by Gasteiger charge is -2.22. The number of para-hydroxylation sites is 1. The average Bonchev–Trinajstić information content (AvgIpc) is 2.30. The van der Waals surface area contributed by atoms with E-state index in [0.717, 1.165) is 6.08 Å². The van der Waals surface area contributed by atoms with E-state index in [1.54, 1.807) is 30.3 Å². The van der Waals surface area contributed by atoms with Gasteiger partial charge in [0.25, 0.3) is 0 Å². The predicted octanol–water partition coefficient (Wildman–Crippen LogP) is 2.44. The first-order chi connectivity index (χ1) is 8.12. The fourth-order valence-electron chi connectivity index (χ4n) is 1.59. The van der Waals surface area contributed by atoms with Crippen LogP contribution in [0.2, 0.25) is 0 Å². The topological polar surface area (TPSA) is 72.6 Å². The molecule has 1 aliphatic rings. The van der Waals surface area contributed by atoms with Crippen LogP contribution in [0.4, 0.5) is 0 Å². The van der Waals surface area contributed by atoms with Gasteiger partial charge >= 0.3 is 5.72 Å². The first-order valence-electron chi connectivity index (χ1n) is 5.09. The molecule has 88 valence electrons. The molecule has 17 heavy (non-hydrogen) atoms. The summed E-state index contributed by atoms with van der Waals surface area (Å²) in [6.45, 7) is 0. The summed E-state index contributed by atoms with van der Waals surface area (Å²) in [5.74, 6) is 0.305. The van der Waals surface area contributed by atoms with Crippen molar-refractivity contribution >= 4 is 0 Å². The molecule has 5 nitrogen and oxygen atoms in total. The van der Waals surface area contributed by atoms with Gasteiger partial charge in [-0.05, 0) is 12.1 Å². The molecule has 1 aromatic rings. The van der Waals surface area contributed by atoms with Gasteiger partial charge in [0, 0.05) is 12.5 Å². The molecule has 0 amide bonds. The van der Waals surface area contributed by atoms with Gasteiger partial charge in [0.1, 0.15) is 11.5 Å². The van der Waals surface area contributed by atoms with E-state index in [9.17, 15) is 15.2 Å². The zero-order valence-electron chi connectivity index (χ0n) is 8.95. The highest BCUT2D eigenvalue weighted by molar-refractivity contribution is 5.27. The number of nitro groups is 1. The minimum Gasteiger partial charge on any atom is -0.512 e. The summed E-state index contributed by atoms with van der Waals surface area (Å²) in [6.07, 6.45) is 4.24. The van der Waals surface area contributed by atoms with Gasteiger partial charge < -0.3 is 9.84 Å². The largest absolute Gasteiger partial charge is 0.512 e. The molecule has 0 bridgehead atoms. The highest BCUT2D eigenvalue weighted by atomic mass is 16.7. The quantitative estimate of drug-likeness (QED) is 0.376. The SMILES string of the molecule is O=[N+]([O-])C1(Oc2ccccc2)C=CCC(O)=C1. The molecule has 0 saturated heterocycles. The third-order valence-electron chi connectivity index (χ3n) is 2.37. The summed E-state index contributed by atoms with van der Waals surface area (Å²) in [6, 6.07) is 8.48. The molecule has 0 aliphatic heterocycles. The van der Waals surface area contributed by atoms with E-state index >= 15 is 0 Å². The lowest BCUT2D eigenvalue weighted by atomic mass is 10.1. The number of aliphatic hydroxyl groups excluding tert-OH is 1. The van der Waals surface area contributed by atoms with Crippen molar-refractivity contribution in [1.29, 1.82) is 0 Å². The maximum Gasteiger partial charge on any atom is 0.406 e. The van der Waals surface area contributed by atoms with E-state index in [1.807, 2.05) is 0 Å². The zero-order chi connectivity index (χ0) is 12.3. The summed E-state index contributed by atoms with van der Waals surface area (Å²) in [5, 5.41) is 20.5. The van der Waals surface area contributed by atoms with Crippen molar-refractivity contribution in [3.63, 3.8) is 0 Å². The number of benzene rings is 1. The summed E-state index contributed by atoms with van der Waals surface area (Å²) in [5.41, 5.74) is -1.82. The van der Waals surface area contributed by atoms with Gasteiger partial charge in [-0.1, -0.05) is 24.3 Å². The predicted molar refractivity (Wildman–Crippen MR) is 61.3 cm³/mol. The fraction of sp³-hybridized carbons (Fsp3) is 0.167. The number of hydrogen-bond donors (Lipinski definition) is 1. The Labute approximate surface area is 97.8 Å². The van der Waals surface area contributed by atoms with Crippen LogP contribution in [0.1, 0.15) is 6.42 Å². The van der Waals surface area contributed by atoms with Crippen LogP contribution >= 0.6 is 0 Å². The average molecular weight is 233 g/mol. The number of hydrogen-bond acceptors (Lipinski definition) is 4. The standard InChI is InChI=1S/C12H11NO4/c14-10-5-4-8-12(9-10,13(15)16)17-11-6-2-1-3-7-11/h1-4,6-9,14H,5H2. The van der Waals surface area contributed by atoms with Crippen LogP contribution in [-0.4, -0.2) is 15.8 Å². The van der Waals surface area contributed by atoms with Crippen LogP contribution < -0.4 is 4.74 Å². The van der Waals surface area contributed by atoms with E-state index in [-0.39, 0.29) is 12.2 Å². The lowest BCUT2D eigenvalue weighted by Crippen LogP contribution is -2.41. The smallest absolute Gasteiger partial charge is 0.406 e. The van der Waals surface area contributed by atoms with Crippen LogP contribution in [0.25, 0.3) is 0 Å². The van der Waals surface area contributed by atoms with Crippen LogP contribution in [0.3, 0.4) is 0 Å². The number of rotatable bonds is 3. The third-order valence-corrected chi connectivity index (χ3v) is 2.37. The number of aliphatic hydroxyl groups is 1. The van der Waals surface area contributed by atoms with Crippen LogP contribution in [0.15, 0.2) is 54.3 Å². The molecular formula is C12H11NO4. The highest BCUT2D eigenvalue weighted by Gasteiger charge is 2.42. The molecule has 0 heterocycles. The van der Waals surface area contributed by atoms with Gasteiger partial charge in [-0.3, -0.25) is 10.1 Å². The van der Waals surface area contributed by atoms with E-state index in [0.29, 0.717) is 5.75 Å². The van der Waals surface area contributed by atoms with Gasteiger partial charge in [-0.15, -0.1) is 0 Å². The Kier molecular flexibility index (Phi) is 2.82. The Hall–Kier alpha value is -2.30. The minimum absolute atomic E-state index is 0.0693. The fourth-order valence-corrected chi connectivity index (χ4v) is 1.59. The maximum atomic E-state index is 11.1. The van der Waals surface area contributed by atoms with Crippen molar-refractivity contribution in [1.82, 2.24) is 0 Å². The zero-order valence-corrected chi connectivity index (χ0v) is 8.95. The molecule has 5 heteroatoms. The second kappa shape index (κ2) is 4.29. The summed E-state index contributed by atoms with van der Waals surface area (Å²) < 4.78 is 5.35. The molecule has 0 saturated carbocycles. The summed E-state index contributed by atoms with van der Waals surface area (Å²) in [7, 11) is 0. The Balaban J connectivity index is 2.33. The van der Waals surface area contributed by atoms with Crippen LogP contribution in [0.5, 0.6) is 5.75 Å². The van der Waals surface area contributed by atoms with Crippen molar-refractivity contribution in [2.75, 3.05) is 0 Å². The van der Waals surface area contributed by atoms with Crippen molar-refractivity contribution in [3.05, 3.63) is 64.4 Å². The molecule has 2 rings (SSSR count). The Morgan fingerprint density at radius 2 is 2.06 bits per heavy atom. The molecule has 0 fully saturated rings. The van der Waals surface area contributed by atoms with Gasteiger partial charge in [-0.25, -0.2) is 0 Å². The van der Waals surface area contributed by atoms with E-state index in [2.05, 4.69) is 0 Å². The lowest BCUT2D eigenvalue weighted by molar-refractivity contribution is -0.584. The van der Waals surface area contributed by atoms with E-state index in [4.69, 9.17) is 4.74 Å². The Bertz CT molecular complexity index is 481. The van der Waals surface area contributed by atoms with Gasteiger partial charge in [-0.2, -0.15) is 0 Å². The number of allylic oxidation sites excluding steroid dienone is 1. The van der Waals surface area contributed by atoms with E-state index < -0.39 is 10.6 Å². The van der Waals surface area contributed by atoms with Crippen molar-refractivity contribution in [3.8, 4) is 5.75 Å². The molecule has 0 spiro atoms. The molecule has 1 atom stereocenters. The molecule has 0 radical (unpaired) electrons. The normalized spacial score (nSPS) is 22.9. The second-order valence-corrected chi connectivity index (χ2v) is 3.67. The first-order valence-corrected chi connectivity index (χ1v) is 5.09. The number of nitrogens with zero attached hydrogens (tertiary/aromatic N) is 1. The van der Waals surface area contributed by atoms with Crippen molar-refractivity contribution in [2.45, 2.75) is 12.1 Å². The third kappa shape index (κ3) is 2.28. The first kappa shape index (κ1) is 11.2. The minimum atomic E-state index is -1.82. The van der Waals surface area contributed by atoms with Crippen molar-refractivity contribution < 1.29 is 14.8 Å². The van der Waals surface area contributed by atoms with Gasteiger partial charge in [0.2, 0.25) is 0 Å². The monoisotopic (exact) mass is 233 g/mol. The van der Waals surface area contributed by atoms with Gasteiger partial charge in [0.15, 0.2) is 0 Å². The van der Waals surface area contributed by atoms with Crippen molar-refractivity contribution in [2.24, 2.45) is 0 Å². The second-order valence-electron chi connectivity index (χ2n) is 3.67. The van der Waals surface area contributed by atoms with E-state index in [1.165, 1.54) is 12.2 Å². The molecule has 1 unspecified atom stereocenters. The summed E-state index contributed by atoms with van der Waals surface area (Å²) >= 11 is 0. The molecule has 0 aromatic heterocycles. The number of ether oxygens (including phenoxy) is 1. The molecular weight excluding hydrogens is 222 g/mol. The molecule has 1 aliphatic carbocycles. The van der Waals surface area contributed by atoms with Crippen LogP contribution in [0, 0.1) is 10.1 Å². The molecule has 1 aromatic carbocycles. The highest BCUT2D eigenvalue weighted by Crippen LogP contribution is 2.26. The maximum absolute atomic E-state index is 11.1. The molecule has 1 N–H and O–H groups in total. The van der Waals surface area contributed by atoms with Gasteiger partial charge in [0.05, 0.1) is 11.0 Å². The Morgan fingerprint density at radius 3 is 2.65 bits per heavy atom. The van der Waals surface area contributed by atoms with Crippen LogP contribution in [-0.2, 0) is 0 Å². The summed E-state index contributed by atoms with van der Waals surface area (Å²) in [4.78, 5) is 10.5. The Morgan fingerprint density at radius 1 is 1.35 bits per heavy atom.